The first kappa shape index (κ1) is 16.9. The van der Waals surface area contributed by atoms with Crippen molar-refractivity contribution in [3.05, 3.63) is 35.4 Å². The minimum absolute atomic E-state index is 0.0389. The zero-order valence-corrected chi connectivity index (χ0v) is 13.0. The van der Waals surface area contributed by atoms with Gasteiger partial charge in [-0.25, -0.2) is 8.78 Å². The summed E-state index contributed by atoms with van der Waals surface area (Å²) < 4.78 is 26.3. The van der Waals surface area contributed by atoms with Crippen molar-refractivity contribution in [1.82, 2.24) is 10.6 Å². The van der Waals surface area contributed by atoms with Gasteiger partial charge in [0.1, 0.15) is 11.6 Å². The molecule has 0 aromatic heterocycles. The fourth-order valence-electron chi connectivity index (χ4n) is 2.89. The molecule has 1 aliphatic rings. The van der Waals surface area contributed by atoms with Gasteiger partial charge in [0, 0.05) is 31.1 Å². The van der Waals surface area contributed by atoms with Crippen LogP contribution < -0.4 is 10.6 Å². The van der Waals surface area contributed by atoms with E-state index in [0.29, 0.717) is 24.6 Å². The Morgan fingerprint density at radius 1 is 1.18 bits per heavy atom. The van der Waals surface area contributed by atoms with Gasteiger partial charge in [-0.1, -0.05) is 19.3 Å². The molecule has 2 N–H and O–H groups in total. The van der Waals surface area contributed by atoms with Crippen molar-refractivity contribution in [2.75, 3.05) is 6.54 Å². The summed E-state index contributed by atoms with van der Waals surface area (Å²) in [4.78, 5) is 11.9. The van der Waals surface area contributed by atoms with Crippen LogP contribution in [-0.2, 0) is 4.79 Å². The molecule has 1 aromatic carbocycles. The maximum absolute atomic E-state index is 13.2. The summed E-state index contributed by atoms with van der Waals surface area (Å²) >= 11 is 0. The number of halogens is 2. The van der Waals surface area contributed by atoms with Crippen LogP contribution in [0, 0.1) is 11.6 Å². The third kappa shape index (κ3) is 5.37. The first-order chi connectivity index (χ1) is 10.5. The third-order valence-corrected chi connectivity index (χ3v) is 4.16. The van der Waals surface area contributed by atoms with E-state index < -0.39 is 11.6 Å². The lowest BCUT2D eigenvalue weighted by atomic mass is 9.95. The van der Waals surface area contributed by atoms with E-state index in [1.807, 2.05) is 6.92 Å². The quantitative estimate of drug-likeness (QED) is 0.845. The van der Waals surface area contributed by atoms with Crippen LogP contribution in [0.4, 0.5) is 8.78 Å². The van der Waals surface area contributed by atoms with E-state index in [-0.39, 0.29) is 11.9 Å². The standard InChI is InChI=1S/C17H24F2N2O/c1-12(13-9-14(18)11-15(19)10-13)20-8-7-17(22)21-16-5-3-2-4-6-16/h9-12,16,20H,2-8H2,1H3,(H,21,22)/t12-/m0/s1. The van der Waals surface area contributed by atoms with E-state index in [4.69, 9.17) is 0 Å². The lowest BCUT2D eigenvalue weighted by Crippen LogP contribution is -2.37. The summed E-state index contributed by atoms with van der Waals surface area (Å²) in [6.45, 7) is 2.31. The van der Waals surface area contributed by atoms with E-state index in [1.165, 1.54) is 31.4 Å². The lowest BCUT2D eigenvalue weighted by molar-refractivity contribution is -0.121. The summed E-state index contributed by atoms with van der Waals surface area (Å²) in [5.74, 6) is -1.13. The summed E-state index contributed by atoms with van der Waals surface area (Å²) in [7, 11) is 0. The summed E-state index contributed by atoms with van der Waals surface area (Å²) in [6.07, 6.45) is 6.14. The van der Waals surface area contributed by atoms with Crippen molar-refractivity contribution in [2.24, 2.45) is 0 Å². The number of benzene rings is 1. The SMILES string of the molecule is C[C@H](NCCC(=O)NC1CCCCC1)c1cc(F)cc(F)c1. The molecular weight excluding hydrogens is 286 g/mol. The minimum atomic E-state index is -0.585. The average molecular weight is 310 g/mol. The maximum atomic E-state index is 13.2. The molecule has 0 unspecified atom stereocenters. The van der Waals surface area contributed by atoms with Gasteiger partial charge in [0.15, 0.2) is 0 Å². The Morgan fingerprint density at radius 2 is 1.82 bits per heavy atom. The molecule has 22 heavy (non-hydrogen) atoms. The van der Waals surface area contributed by atoms with Crippen LogP contribution in [0.15, 0.2) is 18.2 Å². The molecule has 1 atom stereocenters. The van der Waals surface area contributed by atoms with E-state index in [0.717, 1.165) is 18.9 Å². The fourth-order valence-corrected chi connectivity index (χ4v) is 2.89. The molecule has 122 valence electrons. The smallest absolute Gasteiger partial charge is 0.221 e. The molecule has 0 saturated heterocycles. The Morgan fingerprint density at radius 3 is 2.45 bits per heavy atom. The molecule has 0 aliphatic heterocycles. The van der Waals surface area contributed by atoms with Gasteiger partial charge in [0.25, 0.3) is 0 Å². The van der Waals surface area contributed by atoms with Crippen molar-refractivity contribution < 1.29 is 13.6 Å². The van der Waals surface area contributed by atoms with Gasteiger partial charge in [-0.05, 0) is 37.5 Å². The number of hydrogen-bond donors (Lipinski definition) is 2. The van der Waals surface area contributed by atoms with E-state index >= 15 is 0 Å². The van der Waals surface area contributed by atoms with Crippen molar-refractivity contribution in [2.45, 2.75) is 57.5 Å². The van der Waals surface area contributed by atoms with Crippen LogP contribution in [0.25, 0.3) is 0 Å². The molecule has 2 rings (SSSR count). The second kappa shape index (κ2) is 8.22. The Hall–Kier alpha value is -1.49. The summed E-state index contributed by atoms with van der Waals surface area (Å²) in [5.41, 5.74) is 0.546. The first-order valence-corrected chi connectivity index (χ1v) is 8.03. The van der Waals surface area contributed by atoms with Crippen LogP contribution in [0.3, 0.4) is 0 Å². The topological polar surface area (TPSA) is 41.1 Å². The Kier molecular flexibility index (Phi) is 6.31. The fraction of sp³-hybridized carbons (Fsp3) is 0.588. The highest BCUT2D eigenvalue weighted by molar-refractivity contribution is 5.76. The predicted molar refractivity (Wildman–Crippen MR) is 82.4 cm³/mol. The van der Waals surface area contributed by atoms with Crippen molar-refractivity contribution >= 4 is 5.91 Å². The van der Waals surface area contributed by atoms with Gasteiger partial charge in [0.2, 0.25) is 5.91 Å². The van der Waals surface area contributed by atoms with Crippen LogP contribution in [0.2, 0.25) is 0 Å². The van der Waals surface area contributed by atoms with Gasteiger partial charge in [-0.2, -0.15) is 0 Å². The number of carbonyl (C=O) groups excluding carboxylic acids is 1. The largest absolute Gasteiger partial charge is 0.353 e. The normalized spacial score (nSPS) is 17.2. The highest BCUT2D eigenvalue weighted by Gasteiger charge is 2.15. The highest BCUT2D eigenvalue weighted by atomic mass is 19.1. The average Bonchev–Trinajstić information content (AvgIpc) is 2.47. The number of amides is 1. The highest BCUT2D eigenvalue weighted by Crippen LogP contribution is 2.18. The molecule has 0 spiro atoms. The van der Waals surface area contributed by atoms with Crippen LogP contribution in [0.5, 0.6) is 0 Å². The van der Waals surface area contributed by atoms with E-state index in [2.05, 4.69) is 10.6 Å². The number of nitrogens with one attached hydrogen (secondary N) is 2. The zero-order chi connectivity index (χ0) is 15.9. The van der Waals surface area contributed by atoms with Crippen molar-refractivity contribution in [3.63, 3.8) is 0 Å². The van der Waals surface area contributed by atoms with Gasteiger partial charge >= 0.3 is 0 Å². The van der Waals surface area contributed by atoms with Gasteiger partial charge in [-0.15, -0.1) is 0 Å². The molecule has 5 heteroatoms. The molecule has 0 radical (unpaired) electrons. The molecule has 1 aliphatic carbocycles. The molecule has 0 bridgehead atoms. The minimum Gasteiger partial charge on any atom is -0.353 e. The maximum Gasteiger partial charge on any atom is 0.221 e. The molecule has 1 fully saturated rings. The summed E-state index contributed by atoms with van der Waals surface area (Å²) in [5, 5.41) is 6.18. The second-order valence-corrected chi connectivity index (χ2v) is 6.03. The van der Waals surface area contributed by atoms with E-state index in [9.17, 15) is 13.6 Å². The molecule has 3 nitrogen and oxygen atoms in total. The van der Waals surface area contributed by atoms with Gasteiger partial charge < -0.3 is 10.6 Å². The Balaban J connectivity index is 1.71. The second-order valence-electron chi connectivity index (χ2n) is 6.03. The van der Waals surface area contributed by atoms with Crippen molar-refractivity contribution in [1.29, 1.82) is 0 Å². The third-order valence-electron chi connectivity index (χ3n) is 4.16. The van der Waals surface area contributed by atoms with Crippen LogP contribution in [-0.4, -0.2) is 18.5 Å². The summed E-state index contributed by atoms with van der Waals surface area (Å²) in [6, 6.07) is 3.59. The monoisotopic (exact) mass is 310 g/mol. The van der Waals surface area contributed by atoms with Crippen LogP contribution >= 0.6 is 0 Å². The van der Waals surface area contributed by atoms with Crippen molar-refractivity contribution in [3.8, 4) is 0 Å². The Labute approximate surface area is 130 Å². The molecule has 0 heterocycles. The van der Waals surface area contributed by atoms with E-state index in [1.54, 1.807) is 0 Å². The molecule has 1 amide bonds. The first-order valence-electron chi connectivity index (χ1n) is 8.03. The number of rotatable bonds is 6. The molecule has 1 aromatic rings. The van der Waals surface area contributed by atoms with Gasteiger partial charge in [0.05, 0.1) is 0 Å². The zero-order valence-electron chi connectivity index (χ0n) is 13.0. The number of hydrogen-bond acceptors (Lipinski definition) is 2. The molecular formula is C17H24F2N2O. The lowest BCUT2D eigenvalue weighted by Gasteiger charge is -2.23. The predicted octanol–water partition coefficient (Wildman–Crippen LogP) is 3.45. The number of carbonyl (C=O) groups is 1. The Bertz CT molecular complexity index is 481. The van der Waals surface area contributed by atoms with Gasteiger partial charge in [-0.3, -0.25) is 4.79 Å². The van der Waals surface area contributed by atoms with Crippen LogP contribution in [0.1, 0.15) is 57.1 Å². The molecule has 1 saturated carbocycles.